The lowest BCUT2D eigenvalue weighted by molar-refractivity contribution is -0.154. The van der Waals surface area contributed by atoms with Gasteiger partial charge in [-0.05, 0) is 17.1 Å². The number of rotatable bonds is 8. The lowest BCUT2D eigenvalue weighted by atomic mass is 10.2. The van der Waals surface area contributed by atoms with Crippen LogP contribution in [0, 0.1) is 0 Å². The van der Waals surface area contributed by atoms with Gasteiger partial charge in [0.1, 0.15) is 0 Å². The summed E-state index contributed by atoms with van der Waals surface area (Å²) in [5.74, 6) is -3.24. The smallest absolute Gasteiger partial charge is 0.339 e. The van der Waals surface area contributed by atoms with E-state index in [4.69, 9.17) is 10.2 Å². The molecule has 4 N–H and O–H groups in total. The van der Waals surface area contributed by atoms with Crippen LogP contribution in [0.4, 0.5) is 0 Å². The number of ether oxygens (including phenoxy) is 4. The quantitative estimate of drug-likeness (QED) is 0.0727. The van der Waals surface area contributed by atoms with Crippen LogP contribution in [0.5, 0.6) is 0 Å². The SMILES string of the molecule is C.C=C.C=CC(O)C(=O)OCCCOC(=O)C(O)C=C.CI.O=C1OCCCOC(=O)C(O)/C=C/C1O. The number of aliphatic hydroxyl groups excluding tert-OH is 4. The Hall–Kier alpha value is -2.59. The first-order valence-electron chi connectivity index (χ1n) is 10.3. The van der Waals surface area contributed by atoms with Crippen molar-refractivity contribution in [2.45, 2.75) is 44.7 Å². The standard InChI is InChI=1S/C11H16O6.C9H12O6.C2H4.CH3I.CH4/c1-3-8(12)10(14)16-6-5-7-17-11(15)9(13)4-2;10-6-2-3-7(11)9(13)15-5-1-4-14-8(6)12;2*1-2;/h3-4,8-9,12-13H,1-2,5-7H2;2-3,6-7,10-11H,1,4-5H2;1-2H2;1H3;1H4/b;3-2+;;;. The van der Waals surface area contributed by atoms with Crippen LogP contribution in [0.25, 0.3) is 0 Å². The third-order valence-electron chi connectivity index (χ3n) is 3.44. The molecule has 0 bridgehead atoms. The number of carbonyl (C=O) groups is 4. The fourth-order valence-corrected chi connectivity index (χ4v) is 1.71. The highest BCUT2D eigenvalue weighted by atomic mass is 127. The van der Waals surface area contributed by atoms with E-state index in [1.165, 1.54) is 0 Å². The van der Waals surface area contributed by atoms with Gasteiger partial charge >= 0.3 is 23.9 Å². The average molecular weight is 646 g/mol. The Morgan fingerprint density at radius 3 is 1.57 bits per heavy atom. The average Bonchev–Trinajstić information content (AvgIpc) is 2.93. The molecule has 0 saturated heterocycles. The summed E-state index contributed by atoms with van der Waals surface area (Å²) in [5.41, 5.74) is 0. The Kier molecular flexibility index (Phi) is 31.4. The van der Waals surface area contributed by atoms with Gasteiger partial charge in [0.25, 0.3) is 0 Å². The van der Waals surface area contributed by atoms with Gasteiger partial charge in [0.2, 0.25) is 0 Å². The Balaban J connectivity index is -0.000000254. The fourth-order valence-electron chi connectivity index (χ4n) is 1.71. The van der Waals surface area contributed by atoms with E-state index in [-0.39, 0.29) is 40.3 Å². The summed E-state index contributed by atoms with van der Waals surface area (Å²) in [6.45, 7) is 12.6. The maximum absolute atomic E-state index is 11.0. The number of aliphatic hydroxyl groups is 4. The molecule has 37 heavy (non-hydrogen) atoms. The van der Waals surface area contributed by atoms with Crippen LogP contribution >= 0.6 is 22.6 Å². The minimum atomic E-state index is -1.47. The molecule has 0 aromatic heterocycles. The molecule has 0 aromatic carbocycles. The molecule has 0 aromatic rings. The van der Waals surface area contributed by atoms with E-state index < -0.39 is 48.3 Å². The minimum Gasteiger partial charge on any atom is -0.463 e. The monoisotopic (exact) mass is 646 g/mol. The van der Waals surface area contributed by atoms with Gasteiger partial charge in [0.05, 0.1) is 26.4 Å². The summed E-state index contributed by atoms with van der Waals surface area (Å²) in [4.78, 5) is 45.8. The Morgan fingerprint density at radius 2 is 1.27 bits per heavy atom. The van der Waals surface area contributed by atoms with Gasteiger partial charge in [0, 0.05) is 12.8 Å². The first-order valence-corrected chi connectivity index (χ1v) is 12.5. The molecule has 0 spiro atoms. The number of carbonyl (C=O) groups excluding carboxylic acids is 4. The number of hydrogen-bond donors (Lipinski definition) is 4. The first-order chi connectivity index (χ1) is 17.1. The summed E-state index contributed by atoms with van der Waals surface area (Å²) in [6, 6.07) is 0. The summed E-state index contributed by atoms with van der Waals surface area (Å²) < 4.78 is 18.5. The van der Waals surface area contributed by atoms with Crippen LogP contribution in [0.3, 0.4) is 0 Å². The molecule has 1 heterocycles. The van der Waals surface area contributed by atoms with Crippen molar-refractivity contribution in [1.29, 1.82) is 0 Å². The van der Waals surface area contributed by atoms with Crippen molar-refractivity contribution in [3.8, 4) is 0 Å². The number of hydrogen-bond acceptors (Lipinski definition) is 12. The van der Waals surface area contributed by atoms with E-state index in [1.807, 2.05) is 4.93 Å². The van der Waals surface area contributed by atoms with Crippen molar-refractivity contribution in [2.75, 3.05) is 31.4 Å². The van der Waals surface area contributed by atoms with Crippen molar-refractivity contribution in [2.24, 2.45) is 0 Å². The second-order valence-electron chi connectivity index (χ2n) is 6.01. The van der Waals surface area contributed by atoms with Gasteiger partial charge in [-0.1, -0.05) is 55.3 Å². The highest BCUT2D eigenvalue weighted by molar-refractivity contribution is 14.1. The Morgan fingerprint density at radius 1 is 0.946 bits per heavy atom. The first kappa shape index (κ1) is 41.5. The maximum atomic E-state index is 11.0. The van der Waals surface area contributed by atoms with Crippen molar-refractivity contribution in [3.63, 3.8) is 0 Å². The number of halogens is 1. The van der Waals surface area contributed by atoms with Crippen LogP contribution in [0.15, 0.2) is 50.6 Å². The molecular formula is C24H39IO12. The van der Waals surface area contributed by atoms with Crippen LogP contribution in [0.2, 0.25) is 0 Å². The number of alkyl halides is 1. The lowest BCUT2D eigenvalue weighted by Gasteiger charge is -2.08. The fraction of sp³-hybridized carbons (Fsp3) is 0.500. The van der Waals surface area contributed by atoms with E-state index in [1.54, 1.807) is 0 Å². The van der Waals surface area contributed by atoms with Gasteiger partial charge < -0.3 is 39.4 Å². The topological polar surface area (TPSA) is 186 Å². The molecular weight excluding hydrogens is 607 g/mol. The van der Waals surface area contributed by atoms with Crippen molar-refractivity contribution in [3.05, 3.63) is 50.6 Å². The summed E-state index contributed by atoms with van der Waals surface area (Å²) in [6.07, 6.45) is -0.969. The van der Waals surface area contributed by atoms with Gasteiger partial charge in [-0.25, -0.2) is 19.2 Å². The zero-order valence-corrected chi connectivity index (χ0v) is 22.3. The molecule has 4 atom stereocenters. The largest absolute Gasteiger partial charge is 0.463 e. The number of esters is 4. The zero-order valence-electron chi connectivity index (χ0n) is 20.1. The van der Waals surface area contributed by atoms with Crippen LogP contribution in [-0.2, 0) is 38.1 Å². The van der Waals surface area contributed by atoms with Gasteiger partial charge in [-0.3, -0.25) is 0 Å². The molecule has 214 valence electrons. The van der Waals surface area contributed by atoms with Crippen molar-refractivity contribution >= 4 is 46.5 Å². The van der Waals surface area contributed by atoms with E-state index in [0.717, 1.165) is 24.3 Å². The highest BCUT2D eigenvalue weighted by Crippen LogP contribution is 2.00. The van der Waals surface area contributed by atoms with E-state index >= 15 is 0 Å². The molecule has 1 aliphatic rings. The summed E-state index contributed by atoms with van der Waals surface area (Å²) in [5, 5.41) is 36.2. The molecule has 1 rings (SSSR count). The van der Waals surface area contributed by atoms with E-state index in [9.17, 15) is 29.4 Å². The van der Waals surface area contributed by atoms with Crippen molar-refractivity contribution < 1.29 is 58.6 Å². The minimum absolute atomic E-state index is 0. The third kappa shape index (κ3) is 22.3. The molecule has 0 saturated carbocycles. The zero-order chi connectivity index (χ0) is 28.5. The number of cyclic esters (lactones) is 2. The molecule has 4 unspecified atom stereocenters. The van der Waals surface area contributed by atoms with Gasteiger partial charge in [-0.2, -0.15) is 0 Å². The second kappa shape index (κ2) is 28.0. The third-order valence-corrected chi connectivity index (χ3v) is 3.44. The van der Waals surface area contributed by atoms with Crippen LogP contribution in [-0.4, -0.2) is 100 Å². The summed E-state index contributed by atoms with van der Waals surface area (Å²) in [7, 11) is 0. The predicted octanol–water partition coefficient (Wildman–Crippen LogP) is 0.801. The predicted molar refractivity (Wildman–Crippen MR) is 145 cm³/mol. The van der Waals surface area contributed by atoms with Gasteiger partial charge in [-0.15, -0.1) is 13.2 Å². The molecule has 0 fully saturated rings. The van der Waals surface area contributed by atoms with E-state index in [2.05, 4.69) is 67.9 Å². The molecule has 0 radical (unpaired) electrons. The summed E-state index contributed by atoms with van der Waals surface area (Å²) >= 11 is 2.15. The maximum Gasteiger partial charge on any atom is 0.339 e. The molecule has 13 heteroatoms. The normalized spacial score (nSPS) is 19.0. The highest BCUT2D eigenvalue weighted by Gasteiger charge is 2.18. The van der Waals surface area contributed by atoms with Crippen LogP contribution < -0.4 is 0 Å². The lowest BCUT2D eigenvalue weighted by Crippen LogP contribution is -2.23. The van der Waals surface area contributed by atoms with Crippen molar-refractivity contribution in [1.82, 2.24) is 0 Å². The molecule has 1 aliphatic heterocycles. The molecule has 12 nitrogen and oxygen atoms in total. The Bertz CT molecular complexity index is 641. The van der Waals surface area contributed by atoms with Gasteiger partial charge in [0.15, 0.2) is 24.4 Å². The Labute approximate surface area is 231 Å². The molecule has 0 amide bonds. The molecule has 0 aliphatic carbocycles. The van der Waals surface area contributed by atoms with Crippen LogP contribution in [0.1, 0.15) is 20.3 Å². The second-order valence-corrected chi connectivity index (χ2v) is 6.01. The van der Waals surface area contributed by atoms with E-state index in [0.29, 0.717) is 6.42 Å².